The second-order valence-corrected chi connectivity index (χ2v) is 8.47. The van der Waals surface area contributed by atoms with E-state index in [1.54, 1.807) is 6.07 Å². The van der Waals surface area contributed by atoms with Crippen LogP contribution in [0.5, 0.6) is 0 Å². The van der Waals surface area contributed by atoms with Crippen LogP contribution in [-0.4, -0.2) is 19.6 Å². The summed E-state index contributed by atoms with van der Waals surface area (Å²) in [5.41, 5.74) is 2.19. The lowest BCUT2D eigenvalue weighted by atomic mass is 9.81. The minimum absolute atomic E-state index is 0.0825. The molecule has 1 aliphatic rings. The van der Waals surface area contributed by atoms with Crippen LogP contribution in [0, 0.1) is 10.1 Å². The largest absolute Gasteiger partial charge is 0.373 e. The molecule has 0 heterocycles. The van der Waals surface area contributed by atoms with Crippen molar-refractivity contribution < 1.29 is 13.3 Å². The van der Waals surface area contributed by atoms with Gasteiger partial charge in [-0.2, -0.15) is 0 Å². The van der Waals surface area contributed by atoms with Crippen molar-refractivity contribution in [2.75, 3.05) is 11.6 Å². The van der Waals surface area contributed by atoms with Crippen LogP contribution in [0.15, 0.2) is 47.4 Å². The maximum absolute atomic E-state index is 11.9. The molecule has 0 spiro atoms. The molecule has 0 saturated carbocycles. The van der Waals surface area contributed by atoms with Crippen molar-refractivity contribution in [1.29, 1.82) is 0 Å². The maximum Gasteiger partial charge on any atom is 0.310 e. The van der Waals surface area contributed by atoms with E-state index in [-0.39, 0.29) is 22.3 Å². The van der Waals surface area contributed by atoms with Gasteiger partial charge in [0.15, 0.2) is 9.84 Å². The molecule has 7 heteroatoms. The Morgan fingerprint density at radius 3 is 2.40 bits per heavy atom. The summed E-state index contributed by atoms with van der Waals surface area (Å²) >= 11 is 0. The smallest absolute Gasteiger partial charge is 0.310 e. The Hall–Kier alpha value is -2.41. The van der Waals surface area contributed by atoms with Crippen LogP contribution in [-0.2, 0) is 9.84 Å². The standard InChI is InChI=1S/C18H20N2O4S/c1-12-10-11-15(14-7-4-3-6-13(12)14)19-16-8-5-9-17(25(2,23)24)18(16)20(21)22/h3-9,12,15,19H,10-11H2,1-2H3. The normalized spacial score (nSPS) is 19.9. The number of rotatable bonds is 4. The van der Waals surface area contributed by atoms with Crippen LogP contribution in [0.4, 0.5) is 11.4 Å². The highest BCUT2D eigenvalue weighted by molar-refractivity contribution is 7.90. The fourth-order valence-corrected chi connectivity index (χ4v) is 4.33. The Bertz CT molecular complexity index is 924. The lowest BCUT2D eigenvalue weighted by Crippen LogP contribution is -2.20. The van der Waals surface area contributed by atoms with Crippen LogP contribution in [0.2, 0.25) is 0 Å². The fraction of sp³-hybridized carbons (Fsp3) is 0.333. The Morgan fingerprint density at radius 1 is 1.08 bits per heavy atom. The summed E-state index contributed by atoms with van der Waals surface area (Å²) in [7, 11) is -3.69. The lowest BCUT2D eigenvalue weighted by molar-refractivity contribution is -0.386. The number of fused-ring (bicyclic) bond motifs is 1. The van der Waals surface area contributed by atoms with E-state index in [9.17, 15) is 18.5 Å². The fourth-order valence-electron chi connectivity index (χ4n) is 3.47. The minimum Gasteiger partial charge on any atom is -0.373 e. The number of hydrogen-bond donors (Lipinski definition) is 1. The Kier molecular flexibility index (Phi) is 4.51. The highest BCUT2D eigenvalue weighted by atomic mass is 32.2. The molecule has 0 fully saturated rings. The first-order valence-electron chi connectivity index (χ1n) is 8.12. The topological polar surface area (TPSA) is 89.3 Å². The van der Waals surface area contributed by atoms with Crippen LogP contribution in [0.1, 0.15) is 42.9 Å². The molecule has 2 unspecified atom stereocenters. The second-order valence-electron chi connectivity index (χ2n) is 6.49. The van der Waals surface area contributed by atoms with E-state index < -0.39 is 14.8 Å². The zero-order chi connectivity index (χ0) is 18.2. The monoisotopic (exact) mass is 360 g/mol. The van der Waals surface area contributed by atoms with Gasteiger partial charge in [-0.1, -0.05) is 37.3 Å². The van der Waals surface area contributed by atoms with Gasteiger partial charge in [0.2, 0.25) is 0 Å². The molecule has 2 atom stereocenters. The third kappa shape index (κ3) is 3.37. The zero-order valence-corrected chi connectivity index (χ0v) is 14.9. The molecule has 0 bridgehead atoms. The van der Waals surface area contributed by atoms with Crippen LogP contribution >= 0.6 is 0 Å². The van der Waals surface area contributed by atoms with Gasteiger partial charge in [-0.15, -0.1) is 0 Å². The number of anilines is 1. The van der Waals surface area contributed by atoms with Crippen LogP contribution in [0.25, 0.3) is 0 Å². The van der Waals surface area contributed by atoms with E-state index in [2.05, 4.69) is 18.3 Å². The number of sulfone groups is 1. The molecule has 0 aromatic heterocycles. The van der Waals surface area contributed by atoms with Gasteiger partial charge in [-0.3, -0.25) is 10.1 Å². The number of hydrogen-bond acceptors (Lipinski definition) is 5. The van der Waals surface area contributed by atoms with Crippen molar-refractivity contribution >= 4 is 21.2 Å². The molecule has 2 aromatic rings. The maximum atomic E-state index is 11.9. The summed E-state index contributed by atoms with van der Waals surface area (Å²) in [6.45, 7) is 2.17. The van der Waals surface area contributed by atoms with Crippen molar-refractivity contribution in [2.45, 2.75) is 36.6 Å². The average Bonchev–Trinajstić information content (AvgIpc) is 2.56. The molecule has 0 amide bonds. The van der Waals surface area contributed by atoms with Crippen molar-refractivity contribution in [1.82, 2.24) is 0 Å². The first kappa shape index (κ1) is 17.4. The Balaban J connectivity index is 2.05. The molecule has 2 aromatic carbocycles. The molecule has 132 valence electrons. The van der Waals surface area contributed by atoms with E-state index >= 15 is 0 Å². The van der Waals surface area contributed by atoms with E-state index in [0.29, 0.717) is 5.92 Å². The SMILES string of the molecule is CC1CCC(Nc2cccc(S(C)(=O)=O)c2[N+](=O)[O-])c2ccccc21. The molecule has 1 N–H and O–H groups in total. The number of nitro benzene ring substituents is 1. The second kappa shape index (κ2) is 6.48. The molecular weight excluding hydrogens is 340 g/mol. The summed E-state index contributed by atoms with van der Waals surface area (Å²) in [4.78, 5) is 10.6. The highest BCUT2D eigenvalue weighted by Crippen LogP contribution is 2.41. The summed E-state index contributed by atoms with van der Waals surface area (Å²) in [6.07, 6.45) is 2.78. The number of para-hydroxylation sites is 1. The predicted molar refractivity (Wildman–Crippen MR) is 96.7 cm³/mol. The average molecular weight is 360 g/mol. The minimum atomic E-state index is -3.69. The van der Waals surface area contributed by atoms with Crippen LogP contribution in [0.3, 0.4) is 0 Å². The van der Waals surface area contributed by atoms with Crippen molar-refractivity contribution in [3.8, 4) is 0 Å². The lowest BCUT2D eigenvalue weighted by Gasteiger charge is -2.31. The Morgan fingerprint density at radius 2 is 1.76 bits per heavy atom. The van der Waals surface area contributed by atoms with Gasteiger partial charge in [0.25, 0.3) is 0 Å². The van der Waals surface area contributed by atoms with Crippen molar-refractivity contribution in [2.24, 2.45) is 0 Å². The molecule has 0 radical (unpaired) electrons. The van der Waals surface area contributed by atoms with E-state index in [0.717, 1.165) is 24.7 Å². The molecule has 0 saturated heterocycles. The number of nitro groups is 1. The molecule has 1 aliphatic carbocycles. The molecular formula is C18H20N2O4S. The Labute approximate surface area is 147 Å². The van der Waals surface area contributed by atoms with Gasteiger partial charge in [0.05, 0.1) is 11.0 Å². The molecule has 3 rings (SSSR count). The number of nitrogens with one attached hydrogen (secondary N) is 1. The molecule has 25 heavy (non-hydrogen) atoms. The van der Waals surface area contributed by atoms with Gasteiger partial charge < -0.3 is 5.32 Å². The molecule has 6 nitrogen and oxygen atoms in total. The summed E-state index contributed by atoms with van der Waals surface area (Å²) < 4.78 is 23.8. The van der Waals surface area contributed by atoms with Gasteiger partial charge in [0.1, 0.15) is 10.6 Å². The van der Waals surface area contributed by atoms with Gasteiger partial charge in [-0.25, -0.2) is 8.42 Å². The number of nitrogens with zero attached hydrogens (tertiary/aromatic N) is 1. The third-order valence-electron chi connectivity index (χ3n) is 4.70. The van der Waals surface area contributed by atoms with E-state index in [1.165, 1.54) is 17.7 Å². The van der Waals surface area contributed by atoms with Crippen LogP contribution < -0.4 is 5.32 Å². The molecule has 0 aliphatic heterocycles. The number of benzene rings is 2. The highest BCUT2D eigenvalue weighted by Gasteiger charge is 2.30. The zero-order valence-electron chi connectivity index (χ0n) is 14.1. The van der Waals surface area contributed by atoms with E-state index in [4.69, 9.17) is 0 Å². The predicted octanol–water partition coefficient (Wildman–Crippen LogP) is 4.05. The van der Waals surface area contributed by atoms with Crippen molar-refractivity contribution in [3.63, 3.8) is 0 Å². The third-order valence-corrected chi connectivity index (χ3v) is 5.83. The van der Waals surface area contributed by atoms with Crippen molar-refractivity contribution in [3.05, 3.63) is 63.7 Å². The summed E-state index contributed by atoms with van der Waals surface area (Å²) in [5.74, 6) is 0.437. The quantitative estimate of drug-likeness (QED) is 0.656. The van der Waals surface area contributed by atoms with E-state index in [1.807, 2.05) is 18.2 Å². The summed E-state index contributed by atoms with van der Waals surface area (Å²) in [6, 6.07) is 12.3. The summed E-state index contributed by atoms with van der Waals surface area (Å²) in [5, 5.41) is 14.7. The van der Waals surface area contributed by atoms with Gasteiger partial charge in [0, 0.05) is 6.26 Å². The van der Waals surface area contributed by atoms with Gasteiger partial charge in [-0.05, 0) is 42.0 Å². The first-order valence-corrected chi connectivity index (χ1v) is 10.0. The van der Waals surface area contributed by atoms with Gasteiger partial charge >= 0.3 is 5.69 Å². The first-order chi connectivity index (χ1) is 11.8.